The summed E-state index contributed by atoms with van der Waals surface area (Å²) in [5.41, 5.74) is 5.46. The van der Waals surface area contributed by atoms with Crippen LogP contribution in [0.5, 0.6) is 0 Å². The molecule has 0 bridgehead atoms. The molecular weight excluding hydrogens is 194 g/mol. The van der Waals surface area contributed by atoms with E-state index in [-0.39, 0.29) is 5.92 Å². The molecule has 0 saturated heterocycles. The van der Waals surface area contributed by atoms with Gasteiger partial charge in [-0.1, -0.05) is 12.1 Å². The van der Waals surface area contributed by atoms with Crippen molar-refractivity contribution in [1.29, 1.82) is 0 Å². The second-order valence-corrected chi connectivity index (χ2v) is 3.37. The summed E-state index contributed by atoms with van der Waals surface area (Å²) in [6.45, 7) is 2.62. The Morgan fingerprint density at radius 1 is 1.60 bits per heavy atom. The van der Waals surface area contributed by atoms with E-state index in [0.717, 1.165) is 6.42 Å². The zero-order chi connectivity index (χ0) is 10.7. The molecule has 1 unspecified atom stereocenters. The van der Waals surface area contributed by atoms with E-state index in [1.54, 1.807) is 12.4 Å². The van der Waals surface area contributed by atoms with Gasteiger partial charge in [-0.15, -0.1) is 0 Å². The van der Waals surface area contributed by atoms with Crippen molar-refractivity contribution in [2.45, 2.75) is 19.3 Å². The molecule has 0 aliphatic carbocycles. The molecule has 2 heterocycles. The number of aromatic amines is 1. The van der Waals surface area contributed by atoms with Crippen molar-refractivity contribution in [2.24, 2.45) is 5.73 Å². The third kappa shape index (κ3) is 2.04. The highest BCUT2D eigenvalue weighted by molar-refractivity contribution is 5.40. The van der Waals surface area contributed by atoms with E-state index in [4.69, 9.17) is 10.3 Å². The molecule has 0 aromatic carbocycles. The molecule has 6 heteroatoms. The Morgan fingerprint density at radius 3 is 3.13 bits per heavy atom. The molecule has 0 aliphatic rings. The summed E-state index contributed by atoms with van der Waals surface area (Å²) in [6.07, 6.45) is 4.20. The van der Waals surface area contributed by atoms with Crippen molar-refractivity contribution in [1.82, 2.24) is 20.1 Å². The van der Waals surface area contributed by atoms with Gasteiger partial charge in [-0.3, -0.25) is 0 Å². The second kappa shape index (κ2) is 4.22. The number of imidazole rings is 1. The predicted octanol–water partition coefficient (Wildman–Crippen LogP) is 0.912. The predicted molar refractivity (Wildman–Crippen MR) is 54.0 cm³/mol. The number of nitrogens with zero attached hydrogens (tertiary/aromatic N) is 3. The van der Waals surface area contributed by atoms with Crippen LogP contribution in [0.1, 0.15) is 25.2 Å². The maximum absolute atomic E-state index is 5.46. The van der Waals surface area contributed by atoms with E-state index < -0.39 is 0 Å². The molecule has 2 aromatic rings. The normalized spacial score (nSPS) is 12.9. The van der Waals surface area contributed by atoms with Gasteiger partial charge >= 0.3 is 0 Å². The molecule has 1 atom stereocenters. The third-order valence-corrected chi connectivity index (χ3v) is 2.17. The van der Waals surface area contributed by atoms with Crippen LogP contribution in [0, 0.1) is 0 Å². The average molecular weight is 207 g/mol. The van der Waals surface area contributed by atoms with Crippen LogP contribution in [0.3, 0.4) is 0 Å². The van der Waals surface area contributed by atoms with Crippen molar-refractivity contribution >= 4 is 0 Å². The van der Waals surface area contributed by atoms with Gasteiger partial charge in [0.2, 0.25) is 11.7 Å². The number of H-pyrrole nitrogens is 1. The van der Waals surface area contributed by atoms with E-state index in [2.05, 4.69) is 20.1 Å². The summed E-state index contributed by atoms with van der Waals surface area (Å²) >= 11 is 0. The molecule has 0 spiro atoms. The number of nitrogens with one attached hydrogen (secondary N) is 1. The van der Waals surface area contributed by atoms with E-state index in [0.29, 0.717) is 24.1 Å². The first kappa shape index (κ1) is 9.85. The molecule has 0 fully saturated rings. The zero-order valence-corrected chi connectivity index (χ0v) is 8.47. The van der Waals surface area contributed by atoms with E-state index in [1.807, 2.05) is 6.92 Å². The number of hydrogen-bond acceptors (Lipinski definition) is 5. The van der Waals surface area contributed by atoms with Crippen LogP contribution in [0.4, 0.5) is 0 Å². The van der Waals surface area contributed by atoms with Crippen molar-refractivity contribution < 1.29 is 4.52 Å². The fourth-order valence-electron chi connectivity index (χ4n) is 1.29. The van der Waals surface area contributed by atoms with Gasteiger partial charge in [0, 0.05) is 18.3 Å². The molecule has 3 N–H and O–H groups in total. The molecule has 0 amide bonds. The highest BCUT2D eigenvalue weighted by Crippen LogP contribution is 2.18. The lowest BCUT2D eigenvalue weighted by molar-refractivity contribution is 0.355. The van der Waals surface area contributed by atoms with Crippen LogP contribution in [-0.2, 0) is 0 Å². The van der Waals surface area contributed by atoms with Crippen molar-refractivity contribution in [3.63, 3.8) is 0 Å². The molecule has 2 rings (SSSR count). The van der Waals surface area contributed by atoms with Crippen LogP contribution in [0.25, 0.3) is 11.6 Å². The molecular formula is C9H13N5O. The number of aromatic nitrogens is 4. The largest absolute Gasteiger partial charge is 0.342 e. The lowest BCUT2D eigenvalue weighted by atomic mass is 10.1. The second-order valence-electron chi connectivity index (χ2n) is 3.37. The van der Waals surface area contributed by atoms with Crippen LogP contribution < -0.4 is 5.73 Å². The summed E-state index contributed by atoms with van der Waals surface area (Å²) in [7, 11) is 0. The minimum absolute atomic E-state index is 0.186. The fraction of sp³-hybridized carbons (Fsp3) is 0.444. The minimum Gasteiger partial charge on any atom is -0.342 e. The molecule has 0 saturated carbocycles. The highest BCUT2D eigenvalue weighted by atomic mass is 16.5. The quantitative estimate of drug-likeness (QED) is 0.777. The first-order chi connectivity index (χ1) is 7.31. The molecule has 0 radical (unpaired) electrons. The maximum atomic E-state index is 5.46. The van der Waals surface area contributed by atoms with Gasteiger partial charge in [0.25, 0.3) is 0 Å². The zero-order valence-electron chi connectivity index (χ0n) is 8.47. The summed E-state index contributed by atoms with van der Waals surface area (Å²) in [5.74, 6) is 1.89. The number of nitrogens with two attached hydrogens (primary N) is 1. The Hall–Kier alpha value is -1.69. The van der Waals surface area contributed by atoms with Gasteiger partial charge in [0.05, 0.1) is 0 Å². The topological polar surface area (TPSA) is 93.6 Å². The lowest BCUT2D eigenvalue weighted by Gasteiger charge is -2.01. The molecule has 6 nitrogen and oxygen atoms in total. The van der Waals surface area contributed by atoms with Gasteiger partial charge in [0.15, 0.2) is 5.82 Å². The number of hydrogen-bond donors (Lipinski definition) is 2. The third-order valence-electron chi connectivity index (χ3n) is 2.17. The van der Waals surface area contributed by atoms with Gasteiger partial charge in [-0.25, -0.2) is 4.98 Å². The molecule has 2 aromatic heterocycles. The summed E-state index contributed by atoms with van der Waals surface area (Å²) in [6, 6.07) is 0. The smallest absolute Gasteiger partial charge is 0.238 e. The van der Waals surface area contributed by atoms with Crippen LogP contribution >= 0.6 is 0 Å². The van der Waals surface area contributed by atoms with E-state index >= 15 is 0 Å². The standard InChI is InChI=1S/C9H13N5O/c1-6(2-3-10)9-13-8(14-15-9)7-11-4-5-12-7/h4-6H,2-3,10H2,1H3,(H,11,12). The van der Waals surface area contributed by atoms with Crippen molar-refractivity contribution in [3.8, 4) is 11.6 Å². The number of rotatable bonds is 4. The SMILES string of the molecule is CC(CCN)c1nc(-c2ncc[nH]2)no1. The Bertz CT molecular complexity index is 408. The Balaban J connectivity index is 2.17. The Morgan fingerprint density at radius 2 is 2.47 bits per heavy atom. The summed E-state index contributed by atoms with van der Waals surface area (Å²) in [5, 5.41) is 3.84. The highest BCUT2D eigenvalue weighted by Gasteiger charge is 2.15. The average Bonchev–Trinajstić information content (AvgIpc) is 2.89. The lowest BCUT2D eigenvalue weighted by Crippen LogP contribution is -2.04. The molecule has 80 valence electrons. The van der Waals surface area contributed by atoms with Crippen molar-refractivity contribution in [2.75, 3.05) is 6.54 Å². The van der Waals surface area contributed by atoms with Gasteiger partial charge in [0.1, 0.15) is 0 Å². The van der Waals surface area contributed by atoms with E-state index in [9.17, 15) is 0 Å². The van der Waals surface area contributed by atoms with Crippen molar-refractivity contribution in [3.05, 3.63) is 18.3 Å². The maximum Gasteiger partial charge on any atom is 0.238 e. The Kier molecular flexibility index (Phi) is 2.77. The van der Waals surface area contributed by atoms with Crippen LogP contribution in [0.2, 0.25) is 0 Å². The Labute approximate surface area is 86.9 Å². The van der Waals surface area contributed by atoms with Gasteiger partial charge < -0.3 is 15.2 Å². The first-order valence-electron chi connectivity index (χ1n) is 4.84. The van der Waals surface area contributed by atoms with E-state index in [1.165, 1.54) is 0 Å². The monoisotopic (exact) mass is 207 g/mol. The van der Waals surface area contributed by atoms with Crippen LogP contribution in [0.15, 0.2) is 16.9 Å². The molecule has 0 aliphatic heterocycles. The van der Waals surface area contributed by atoms with Gasteiger partial charge in [-0.2, -0.15) is 4.98 Å². The van der Waals surface area contributed by atoms with Gasteiger partial charge in [-0.05, 0) is 13.0 Å². The summed E-state index contributed by atoms with van der Waals surface area (Å²) in [4.78, 5) is 11.2. The fourth-order valence-corrected chi connectivity index (χ4v) is 1.29. The minimum atomic E-state index is 0.186. The molecule has 15 heavy (non-hydrogen) atoms. The first-order valence-corrected chi connectivity index (χ1v) is 4.84. The summed E-state index contributed by atoms with van der Waals surface area (Å²) < 4.78 is 5.13. The van der Waals surface area contributed by atoms with Crippen LogP contribution in [-0.4, -0.2) is 26.7 Å².